The van der Waals surface area contributed by atoms with Crippen LogP contribution in [0.25, 0.3) is 0 Å². The Morgan fingerprint density at radius 3 is 2.65 bits per heavy atom. The van der Waals surface area contributed by atoms with Crippen molar-refractivity contribution in [3.05, 3.63) is 35.2 Å². The highest BCUT2D eigenvalue weighted by molar-refractivity contribution is 5.93. The van der Waals surface area contributed by atoms with Crippen LogP contribution in [0.1, 0.15) is 47.4 Å². The third-order valence-electron chi connectivity index (χ3n) is 2.81. The minimum absolute atomic E-state index is 0.111. The Kier molecular flexibility index (Phi) is 3.82. The average molecular weight is 284 g/mol. The van der Waals surface area contributed by atoms with Crippen LogP contribution < -0.4 is 5.32 Å². The molecule has 20 heavy (non-hydrogen) atoms. The van der Waals surface area contributed by atoms with Gasteiger partial charge in [0, 0.05) is 5.69 Å². The number of aryl methyl sites for hydroxylation is 2. The smallest absolute Gasteiger partial charge is 0.319 e. The van der Waals surface area contributed by atoms with Gasteiger partial charge in [-0.3, -0.25) is 9.36 Å². The summed E-state index contributed by atoms with van der Waals surface area (Å²) in [7, 11) is 0. The number of halogens is 2. The number of alkyl halides is 2. The van der Waals surface area contributed by atoms with Gasteiger partial charge in [0.05, 0.1) is 0 Å². The Labute approximate surface area is 113 Å². The molecule has 0 aliphatic heterocycles. The van der Waals surface area contributed by atoms with Crippen LogP contribution in [0.4, 0.5) is 8.78 Å². The van der Waals surface area contributed by atoms with Crippen LogP contribution in [-0.2, 0) is 0 Å². The summed E-state index contributed by atoms with van der Waals surface area (Å²) in [6.07, 6.45) is 0. The lowest BCUT2D eigenvalue weighted by Gasteiger charge is -2.13. The van der Waals surface area contributed by atoms with E-state index in [4.69, 9.17) is 4.52 Å². The molecule has 2 aromatic heterocycles. The summed E-state index contributed by atoms with van der Waals surface area (Å²) in [6, 6.07) is 2.25. The lowest BCUT2D eigenvalue weighted by Crippen LogP contribution is -2.29. The summed E-state index contributed by atoms with van der Waals surface area (Å²) in [5.74, 6) is 0.0392. The first-order chi connectivity index (χ1) is 9.40. The first-order valence-electron chi connectivity index (χ1n) is 5.97. The number of hydrogen-bond acceptors (Lipinski definition) is 4. The summed E-state index contributed by atoms with van der Waals surface area (Å²) in [6.45, 7) is 2.01. The fourth-order valence-electron chi connectivity index (χ4n) is 1.82. The molecule has 0 aliphatic rings. The zero-order chi connectivity index (χ0) is 14.9. The quantitative estimate of drug-likeness (QED) is 0.935. The zero-order valence-electron chi connectivity index (χ0n) is 11.2. The third-order valence-corrected chi connectivity index (χ3v) is 2.81. The number of aromatic nitrogens is 3. The van der Waals surface area contributed by atoms with Crippen molar-refractivity contribution >= 4 is 5.91 Å². The Morgan fingerprint density at radius 1 is 1.40 bits per heavy atom. The van der Waals surface area contributed by atoms with Crippen molar-refractivity contribution in [3.8, 4) is 0 Å². The molecule has 0 aromatic carbocycles. The van der Waals surface area contributed by atoms with Crippen LogP contribution >= 0.6 is 0 Å². The van der Waals surface area contributed by atoms with E-state index in [9.17, 15) is 13.6 Å². The second-order valence-corrected chi connectivity index (χ2v) is 4.38. The van der Waals surface area contributed by atoms with Crippen LogP contribution in [0.15, 0.2) is 16.7 Å². The van der Waals surface area contributed by atoms with Gasteiger partial charge in [-0.15, -0.1) is 0 Å². The summed E-state index contributed by atoms with van der Waals surface area (Å²) in [5.41, 5.74) is 0.201. The third kappa shape index (κ3) is 2.68. The molecule has 0 saturated heterocycles. The molecular formula is C12H14F2N4O2. The topological polar surface area (TPSA) is 73.0 Å². The first kappa shape index (κ1) is 14.2. The molecule has 0 fully saturated rings. The van der Waals surface area contributed by atoms with E-state index in [1.165, 1.54) is 19.1 Å². The van der Waals surface area contributed by atoms with Crippen molar-refractivity contribution in [2.75, 3.05) is 0 Å². The lowest BCUT2D eigenvalue weighted by molar-refractivity contribution is 0.0613. The molecule has 0 aliphatic carbocycles. The van der Waals surface area contributed by atoms with E-state index in [2.05, 4.69) is 15.5 Å². The number of amides is 1. The number of carbonyl (C=O) groups is 1. The van der Waals surface area contributed by atoms with Gasteiger partial charge < -0.3 is 9.84 Å². The molecule has 1 atom stereocenters. The molecule has 0 bridgehead atoms. The number of nitrogens with one attached hydrogen (secondary N) is 1. The predicted molar refractivity (Wildman–Crippen MR) is 65.3 cm³/mol. The van der Waals surface area contributed by atoms with Crippen molar-refractivity contribution in [2.24, 2.45) is 0 Å². The van der Waals surface area contributed by atoms with Crippen molar-refractivity contribution in [1.82, 2.24) is 20.0 Å². The van der Waals surface area contributed by atoms with Gasteiger partial charge in [-0.25, -0.2) is 0 Å². The Bertz CT molecular complexity index is 621. The van der Waals surface area contributed by atoms with Gasteiger partial charge in [0.2, 0.25) is 5.89 Å². The fraction of sp³-hybridized carbons (Fsp3) is 0.417. The van der Waals surface area contributed by atoms with Crippen LogP contribution in [0.3, 0.4) is 0 Å². The van der Waals surface area contributed by atoms with Gasteiger partial charge in [0.25, 0.3) is 5.91 Å². The second-order valence-electron chi connectivity index (χ2n) is 4.38. The van der Waals surface area contributed by atoms with E-state index < -0.39 is 18.5 Å². The van der Waals surface area contributed by atoms with Gasteiger partial charge in [-0.2, -0.15) is 13.8 Å². The fourth-order valence-corrected chi connectivity index (χ4v) is 1.82. The highest BCUT2D eigenvalue weighted by atomic mass is 19.3. The van der Waals surface area contributed by atoms with Crippen molar-refractivity contribution < 1.29 is 18.1 Å². The Balaban J connectivity index is 2.16. The molecule has 2 rings (SSSR count). The Morgan fingerprint density at radius 2 is 2.10 bits per heavy atom. The SMILES string of the molecule is Cc1noc([C@@H](C)NC(=O)c2ccc(C)n2C(F)F)n1. The lowest BCUT2D eigenvalue weighted by atomic mass is 10.3. The Hall–Kier alpha value is -2.25. The standard InChI is InChI=1S/C12H14F2N4O2/c1-6-4-5-9(18(6)12(13)14)10(19)15-7(2)11-16-8(3)17-20-11/h4-5,7,12H,1-3H3,(H,15,19)/t7-/m1/s1. The maximum atomic E-state index is 12.9. The second kappa shape index (κ2) is 5.40. The van der Waals surface area contributed by atoms with Crippen LogP contribution in [-0.4, -0.2) is 20.6 Å². The van der Waals surface area contributed by atoms with Gasteiger partial charge in [0.15, 0.2) is 5.82 Å². The average Bonchev–Trinajstić information content (AvgIpc) is 2.95. The maximum Gasteiger partial charge on any atom is 0.319 e. The molecule has 1 amide bonds. The van der Waals surface area contributed by atoms with Crippen LogP contribution in [0.5, 0.6) is 0 Å². The van der Waals surface area contributed by atoms with Gasteiger partial charge in [0.1, 0.15) is 11.7 Å². The minimum Gasteiger partial charge on any atom is -0.339 e. The summed E-state index contributed by atoms with van der Waals surface area (Å²) in [4.78, 5) is 16.0. The highest BCUT2D eigenvalue weighted by Crippen LogP contribution is 2.19. The van der Waals surface area contributed by atoms with E-state index in [0.29, 0.717) is 16.1 Å². The number of carbonyl (C=O) groups excluding carboxylic acids is 1. The maximum absolute atomic E-state index is 12.9. The first-order valence-corrected chi connectivity index (χ1v) is 5.97. The summed E-state index contributed by atoms with van der Waals surface area (Å²) in [5, 5.41) is 6.15. The molecule has 108 valence electrons. The summed E-state index contributed by atoms with van der Waals surface area (Å²) < 4.78 is 31.4. The number of hydrogen-bond donors (Lipinski definition) is 1. The van der Waals surface area contributed by atoms with E-state index >= 15 is 0 Å². The van der Waals surface area contributed by atoms with E-state index in [1.807, 2.05) is 0 Å². The van der Waals surface area contributed by atoms with Crippen molar-refractivity contribution in [2.45, 2.75) is 33.4 Å². The molecule has 0 saturated carbocycles. The van der Waals surface area contributed by atoms with Gasteiger partial charge in [-0.1, -0.05) is 5.16 Å². The van der Waals surface area contributed by atoms with Crippen LogP contribution in [0.2, 0.25) is 0 Å². The van der Waals surface area contributed by atoms with E-state index in [1.54, 1.807) is 13.8 Å². The molecule has 8 heteroatoms. The molecule has 0 radical (unpaired) electrons. The molecular weight excluding hydrogens is 270 g/mol. The molecule has 2 heterocycles. The molecule has 0 unspecified atom stereocenters. The number of nitrogens with zero attached hydrogens (tertiary/aromatic N) is 3. The normalized spacial score (nSPS) is 12.7. The molecule has 1 N–H and O–H groups in total. The molecule has 0 spiro atoms. The van der Waals surface area contributed by atoms with Crippen LogP contribution in [0, 0.1) is 13.8 Å². The van der Waals surface area contributed by atoms with Crippen molar-refractivity contribution in [1.29, 1.82) is 0 Å². The zero-order valence-corrected chi connectivity index (χ0v) is 11.2. The van der Waals surface area contributed by atoms with Crippen molar-refractivity contribution in [3.63, 3.8) is 0 Å². The predicted octanol–water partition coefficient (Wildman–Crippen LogP) is 2.37. The molecule has 6 nitrogen and oxygen atoms in total. The largest absolute Gasteiger partial charge is 0.339 e. The van der Waals surface area contributed by atoms with Gasteiger partial charge >= 0.3 is 6.55 Å². The van der Waals surface area contributed by atoms with E-state index in [0.717, 1.165) is 0 Å². The summed E-state index contributed by atoms with van der Waals surface area (Å²) >= 11 is 0. The minimum atomic E-state index is -2.77. The monoisotopic (exact) mass is 284 g/mol. The molecule has 2 aromatic rings. The number of rotatable bonds is 4. The van der Waals surface area contributed by atoms with E-state index in [-0.39, 0.29) is 11.6 Å². The highest BCUT2D eigenvalue weighted by Gasteiger charge is 2.22. The van der Waals surface area contributed by atoms with Gasteiger partial charge in [-0.05, 0) is 32.9 Å².